The molecule has 0 aliphatic rings. The molecule has 0 saturated carbocycles. The number of nitrogens with two attached hydrogens (primary N) is 1. The molecule has 0 aliphatic carbocycles. The molecule has 1 rings (SSSR count). The van der Waals surface area contributed by atoms with Gasteiger partial charge in [0.2, 0.25) is 0 Å². The third kappa shape index (κ3) is 3.05. The highest BCUT2D eigenvalue weighted by Gasteiger charge is 2.07. The second-order valence-corrected chi connectivity index (χ2v) is 3.32. The minimum Gasteiger partial charge on any atom is -0.486 e. The Bertz CT molecular complexity index is 307. The Hall–Kier alpha value is -1.00. The molecule has 5 heteroatoms. The van der Waals surface area contributed by atoms with Crippen molar-refractivity contribution in [3.8, 4) is 5.75 Å². The van der Waals surface area contributed by atoms with Gasteiger partial charge in [0.25, 0.3) is 0 Å². The van der Waals surface area contributed by atoms with Crippen molar-refractivity contribution in [2.24, 2.45) is 0 Å². The van der Waals surface area contributed by atoms with E-state index in [0.29, 0.717) is 23.2 Å². The van der Waals surface area contributed by atoms with Crippen molar-refractivity contribution in [2.75, 3.05) is 19.5 Å². The van der Waals surface area contributed by atoms with E-state index in [2.05, 4.69) is 4.98 Å². The summed E-state index contributed by atoms with van der Waals surface area (Å²) < 4.78 is 10.4. The number of halogens is 1. The lowest BCUT2D eigenvalue weighted by atomic mass is 10.3. The fourth-order valence-electron chi connectivity index (χ4n) is 1.01. The molecule has 0 unspecified atom stereocenters. The van der Waals surface area contributed by atoms with Gasteiger partial charge in [0.1, 0.15) is 17.0 Å². The topological polar surface area (TPSA) is 57.4 Å². The van der Waals surface area contributed by atoms with Gasteiger partial charge in [-0.25, -0.2) is 4.98 Å². The largest absolute Gasteiger partial charge is 0.486 e. The quantitative estimate of drug-likeness (QED) is 0.779. The molecule has 0 aromatic carbocycles. The molecular weight excluding hydrogens is 204 g/mol. The Morgan fingerprint density at radius 3 is 3.00 bits per heavy atom. The Labute approximate surface area is 88.0 Å². The van der Waals surface area contributed by atoms with Crippen molar-refractivity contribution >= 4 is 17.3 Å². The summed E-state index contributed by atoms with van der Waals surface area (Å²) in [5.41, 5.74) is 6.12. The number of hydrogen-bond acceptors (Lipinski definition) is 4. The molecule has 4 nitrogen and oxygen atoms in total. The maximum Gasteiger partial charge on any atom is 0.147 e. The van der Waals surface area contributed by atoms with Crippen LogP contribution in [-0.4, -0.2) is 24.8 Å². The van der Waals surface area contributed by atoms with Gasteiger partial charge in [-0.3, -0.25) is 0 Å². The minimum absolute atomic E-state index is 0.0687. The van der Waals surface area contributed by atoms with Gasteiger partial charge in [-0.2, -0.15) is 0 Å². The lowest BCUT2D eigenvalue weighted by Gasteiger charge is -2.14. The second kappa shape index (κ2) is 5.02. The zero-order valence-electron chi connectivity index (χ0n) is 8.16. The van der Waals surface area contributed by atoms with E-state index in [4.69, 9.17) is 26.8 Å². The molecule has 0 spiro atoms. The first kappa shape index (κ1) is 11.1. The first-order valence-electron chi connectivity index (χ1n) is 4.20. The highest BCUT2D eigenvalue weighted by Crippen LogP contribution is 2.24. The van der Waals surface area contributed by atoms with E-state index >= 15 is 0 Å². The standard InChI is InChI=1S/C9H13ClN2O2/c1-6(5-13-2)14-8-3-9(10)12-4-7(8)11/h3-4,6H,5,11H2,1-2H3/t6-/m1/s1. The van der Waals surface area contributed by atoms with Crippen LogP contribution in [-0.2, 0) is 4.74 Å². The van der Waals surface area contributed by atoms with Gasteiger partial charge in [0.05, 0.1) is 18.5 Å². The van der Waals surface area contributed by atoms with E-state index < -0.39 is 0 Å². The molecule has 0 bridgehead atoms. The third-order valence-electron chi connectivity index (χ3n) is 1.59. The maximum absolute atomic E-state index is 5.70. The summed E-state index contributed by atoms with van der Waals surface area (Å²) in [5, 5.41) is 0.360. The zero-order chi connectivity index (χ0) is 10.6. The molecule has 14 heavy (non-hydrogen) atoms. The Kier molecular flexibility index (Phi) is 3.98. The SMILES string of the molecule is COC[C@@H](C)Oc1cc(Cl)ncc1N. The van der Waals surface area contributed by atoms with E-state index in [1.807, 2.05) is 6.92 Å². The number of anilines is 1. The number of aromatic nitrogens is 1. The van der Waals surface area contributed by atoms with Crippen molar-refractivity contribution in [2.45, 2.75) is 13.0 Å². The maximum atomic E-state index is 5.70. The van der Waals surface area contributed by atoms with Gasteiger partial charge >= 0.3 is 0 Å². The Morgan fingerprint density at radius 1 is 1.64 bits per heavy atom. The number of pyridine rings is 1. The number of nitrogens with zero attached hydrogens (tertiary/aromatic N) is 1. The Balaban J connectivity index is 2.70. The van der Waals surface area contributed by atoms with E-state index in [-0.39, 0.29) is 6.10 Å². The summed E-state index contributed by atoms with van der Waals surface area (Å²) in [6.07, 6.45) is 1.40. The lowest BCUT2D eigenvalue weighted by Crippen LogP contribution is -2.18. The Morgan fingerprint density at radius 2 is 2.36 bits per heavy atom. The first-order valence-corrected chi connectivity index (χ1v) is 4.58. The number of methoxy groups -OCH3 is 1. The van der Waals surface area contributed by atoms with Gasteiger partial charge in [-0.15, -0.1) is 0 Å². The van der Waals surface area contributed by atoms with Gasteiger partial charge in [0, 0.05) is 13.2 Å². The summed E-state index contributed by atoms with van der Waals surface area (Å²) in [6.45, 7) is 2.39. The smallest absolute Gasteiger partial charge is 0.147 e. The van der Waals surface area contributed by atoms with Crippen LogP contribution in [0.5, 0.6) is 5.75 Å². The van der Waals surface area contributed by atoms with Crippen molar-refractivity contribution in [3.05, 3.63) is 17.4 Å². The number of nitrogen functional groups attached to an aromatic ring is 1. The van der Waals surface area contributed by atoms with Crippen molar-refractivity contribution in [3.63, 3.8) is 0 Å². The van der Waals surface area contributed by atoms with Crippen LogP contribution in [0.3, 0.4) is 0 Å². The predicted octanol–water partition coefficient (Wildman–Crippen LogP) is 1.73. The molecule has 0 fully saturated rings. The highest BCUT2D eigenvalue weighted by molar-refractivity contribution is 6.29. The second-order valence-electron chi connectivity index (χ2n) is 2.93. The summed E-state index contributed by atoms with van der Waals surface area (Å²) in [5.74, 6) is 0.537. The highest BCUT2D eigenvalue weighted by atomic mass is 35.5. The molecular formula is C9H13ClN2O2. The normalized spacial score (nSPS) is 12.5. The summed E-state index contributed by atoms with van der Waals surface area (Å²) in [6, 6.07) is 1.59. The molecule has 1 aromatic rings. The van der Waals surface area contributed by atoms with Gasteiger partial charge < -0.3 is 15.2 Å². The van der Waals surface area contributed by atoms with Crippen LogP contribution in [0.15, 0.2) is 12.3 Å². The average molecular weight is 217 g/mol. The van der Waals surface area contributed by atoms with Crippen LogP contribution in [0, 0.1) is 0 Å². The van der Waals surface area contributed by atoms with E-state index in [9.17, 15) is 0 Å². The summed E-state index contributed by atoms with van der Waals surface area (Å²) >= 11 is 5.70. The fraction of sp³-hybridized carbons (Fsp3) is 0.444. The summed E-state index contributed by atoms with van der Waals surface area (Å²) in [4.78, 5) is 3.82. The van der Waals surface area contributed by atoms with Crippen molar-refractivity contribution in [1.29, 1.82) is 0 Å². The van der Waals surface area contributed by atoms with E-state index in [1.54, 1.807) is 13.2 Å². The predicted molar refractivity (Wildman–Crippen MR) is 55.6 cm³/mol. The molecule has 1 aromatic heterocycles. The van der Waals surface area contributed by atoms with Crippen LogP contribution < -0.4 is 10.5 Å². The molecule has 78 valence electrons. The van der Waals surface area contributed by atoms with Crippen LogP contribution in [0.4, 0.5) is 5.69 Å². The van der Waals surface area contributed by atoms with Crippen LogP contribution in [0.25, 0.3) is 0 Å². The van der Waals surface area contributed by atoms with Crippen molar-refractivity contribution < 1.29 is 9.47 Å². The first-order chi connectivity index (χ1) is 6.63. The number of hydrogen-bond donors (Lipinski definition) is 1. The monoisotopic (exact) mass is 216 g/mol. The average Bonchev–Trinajstić information content (AvgIpc) is 2.12. The fourth-order valence-corrected chi connectivity index (χ4v) is 1.16. The molecule has 0 amide bonds. The molecule has 1 atom stereocenters. The minimum atomic E-state index is -0.0687. The molecule has 0 saturated heterocycles. The molecule has 0 aliphatic heterocycles. The van der Waals surface area contributed by atoms with E-state index in [0.717, 1.165) is 0 Å². The summed E-state index contributed by atoms with van der Waals surface area (Å²) in [7, 11) is 1.61. The van der Waals surface area contributed by atoms with Gasteiger partial charge in [-0.1, -0.05) is 11.6 Å². The molecule has 2 N–H and O–H groups in total. The third-order valence-corrected chi connectivity index (χ3v) is 1.80. The van der Waals surface area contributed by atoms with E-state index in [1.165, 1.54) is 6.20 Å². The molecule has 1 heterocycles. The van der Waals surface area contributed by atoms with Crippen LogP contribution in [0.2, 0.25) is 5.15 Å². The molecule has 0 radical (unpaired) electrons. The van der Waals surface area contributed by atoms with Gasteiger partial charge in [0.15, 0.2) is 0 Å². The van der Waals surface area contributed by atoms with Crippen molar-refractivity contribution in [1.82, 2.24) is 4.98 Å². The zero-order valence-corrected chi connectivity index (χ0v) is 8.91. The van der Waals surface area contributed by atoms with Gasteiger partial charge in [-0.05, 0) is 6.92 Å². The number of ether oxygens (including phenoxy) is 2. The lowest BCUT2D eigenvalue weighted by molar-refractivity contribution is 0.0925. The van der Waals surface area contributed by atoms with Crippen LogP contribution in [0.1, 0.15) is 6.92 Å². The number of rotatable bonds is 4. The van der Waals surface area contributed by atoms with Crippen LogP contribution >= 0.6 is 11.6 Å².